The van der Waals surface area contributed by atoms with Crippen LogP contribution in [-0.4, -0.2) is 0 Å². The van der Waals surface area contributed by atoms with Crippen LogP contribution >= 0.6 is 0 Å². The van der Waals surface area contributed by atoms with Crippen LogP contribution in [0, 0.1) is 0 Å². The van der Waals surface area contributed by atoms with E-state index in [0.717, 1.165) is 5.57 Å². The Morgan fingerprint density at radius 2 is 1.04 bits per heavy atom. The van der Waals surface area contributed by atoms with Crippen molar-refractivity contribution in [1.82, 2.24) is 0 Å². The molecule has 0 aliphatic carbocycles. The Kier molecular flexibility index (Phi) is 5.21. The molecule has 0 N–H and O–H groups in total. The van der Waals surface area contributed by atoms with Crippen molar-refractivity contribution in [3.8, 4) is 0 Å². The van der Waals surface area contributed by atoms with Crippen molar-refractivity contribution in [2.75, 3.05) is 0 Å². The van der Waals surface area contributed by atoms with Crippen molar-refractivity contribution >= 4 is 17.2 Å². The summed E-state index contributed by atoms with van der Waals surface area (Å²) in [5.41, 5.74) is 5.82. The summed E-state index contributed by atoms with van der Waals surface area (Å²) < 4.78 is 0. The van der Waals surface area contributed by atoms with E-state index in [1.165, 1.54) is 22.3 Å². The maximum atomic E-state index is 4.00. The summed E-state index contributed by atoms with van der Waals surface area (Å²) in [7, 11) is 0. The average molecular weight is 308 g/mol. The van der Waals surface area contributed by atoms with Gasteiger partial charge in [0.1, 0.15) is 0 Å². The summed E-state index contributed by atoms with van der Waals surface area (Å²) >= 11 is 0. The van der Waals surface area contributed by atoms with Gasteiger partial charge in [-0.2, -0.15) is 0 Å². The van der Waals surface area contributed by atoms with Gasteiger partial charge in [0.05, 0.1) is 0 Å². The fraction of sp³-hybridized carbons (Fsp3) is 0. The molecule has 3 rings (SSSR count). The molecule has 0 heterocycles. The molecule has 0 saturated heterocycles. The molecule has 24 heavy (non-hydrogen) atoms. The lowest BCUT2D eigenvalue weighted by Gasteiger charge is -2.08. The highest BCUT2D eigenvalue weighted by atomic mass is 14.1. The first-order valence-electron chi connectivity index (χ1n) is 8.08. The molecule has 0 aromatic heterocycles. The molecule has 0 aliphatic heterocycles. The van der Waals surface area contributed by atoms with Crippen LogP contribution in [-0.2, 0) is 0 Å². The van der Waals surface area contributed by atoms with Crippen LogP contribution in [0.5, 0.6) is 0 Å². The lowest BCUT2D eigenvalue weighted by molar-refractivity contribution is 1.60. The van der Waals surface area contributed by atoms with E-state index in [4.69, 9.17) is 0 Å². The molecule has 0 nitrogen and oxygen atoms in total. The van der Waals surface area contributed by atoms with Crippen molar-refractivity contribution in [1.29, 1.82) is 0 Å². The van der Waals surface area contributed by atoms with Crippen LogP contribution in [0.2, 0.25) is 0 Å². The molecule has 0 aliphatic rings. The van der Waals surface area contributed by atoms with E-state index in [0.29, 0.717) is 0 Å². The van der Waals surface area contributed by atoms with Gasteiger partial charge < -0.3 is 0 Å². The first-order chi connectivity index (χ1) is 11.9. The normalized spacial score (nSPS) is 12.0. The third kappa shape index (κ3) is 3.99. The molecular formula is C24H20. The molecule has 0 fully saturated rings. The van der Waals surface area contributed by atoms with Crippen LogP contribution in [0.4, 0.5) is 0 Å². The largest absolute Gasteiger partial charge is 0.0984 e. The minimum atomic E-state index is 1.11. The standard InChI is InChI=1S/C24H20/c1-2-21(22-14-8-4-9-15-22)19-24(23-16-10-5-11-17-23)18-20-12-6-3-7-13-20/h2-19H,1H2/b21-19-,24-18-. The minimum Gasteiger partial charge on any atom is -0.0984 e. The molecule has 0 saturated carbocycles. The molecule has 0 amide bonds. The van der Waals surface area contributed by atoms with Gasteiger partial charge in [0.25, 0.3) is 0 Å². The highest BCUT2D eigenvalue weighted by molar-refractivity contribution is 5.94. The van der Waals surface area contributed by atoms with Gasteiger partial charge in [0, 0.05) is 0 Å². The number of allylic oxidation sites excluding steroid dienone is 4. The van der Waals surface area contributed by atoms with Gasteiger partial charge in [0.2, 0.25) is 0 Å². The van der Waals surface area contributed by atoms with Crippen LogP contribution in [0.1, 0.15) is 16.7 Å². The van der Waals surface area contributed by atoms with Gasteiger partial charge in [-0.05, 0) is 40.0 Å². The summed E-state index contributed by atoms with van der Waals surface area (Å²) in [6.07, 6.45) is 6.32. The minimum absolute atomic E-state index is 1.11. The van der Waals surface area contributed by atoms with Crippen molar-refractivity contribution in [3.05, 3.63) is 126 Å². The Morgan fingerprint density at radius 1 is 0.583 bits per heavy atom. The molecule has 3 aromatic rings. The molecular weight excluding hydrogens is 288 g/mol. The number of hydrogen-bond donors (Lipinski definition) is 0. The lowest BCUT2D eigenvalue weighted by Crippen LogP contribution is -1.85. The maximum absolute atomic E-state index is 4.00. The summed E-state index contributed by atoms with van der Waals surface area (Å²) in [5, 5.41) is 0. The van der Waals surface area contributed by atoms with Gasteiger partial charge in [0.15, 0.2) is 0 Å². The van der Waals surface area contributed by atoms with Crippen LogP contribution < -0.4 is 0 Å². The molecule has 0 bridgehead atoms. The predicted octanol–water partition coefficient (Wildman–Crippen LogP) is 6.50. The fourth-order valence-electron chi connectivity index (χ4n) is 2.63. The molecule has 0 atom stereocenters. The Labute approximate surface area is 144 Å². The third-order valence-corrected chi connectivity index (χ3v) is 3.87. The number of rotatable bonds is 5. The van der Waals surface area contributed by atoms with Crippen molar-refractivity contribution in [2.45, 2.75) is 0 Å². The zero-order valence-corrected chi connectivity index (χ0v) is 13.6. The van der Waals surface area contributed by atoms with Gasteiger partial charge in [-0.3, -0.25) is 0 Å². The second kappa shape index (κ2) is 7.94. The zero-order chi connectivity index (χ0) is 16.6. The van der Waals surface area contributed by atoms with E-state index < -0.39 is 0 Å². The summed E-state index contributed by atoms with van der Waals surface area (Å²) in [4.78, 5) is 0. The zero-order valence-electron chi connectivity index (χ0n) is 13.6. The molecule has 0 radical (unpaired) electrons. The first kappa shape index (κ1) is 15.8. The molecule has 0 unspecified atom stereocenters. The van der Waals surface area contributed by atoms with Gasteiger partial charge in [-0.25, -0.2) is 0 Å². The predicted molar refractivity (Wildman–Crippen MR) is 105 cm³/mol. The average Bonchev–Trinajstić information content (AvgIpc) is 2.67. The molecule has 0 spiro atoms. The van der Waals surface area contributed by atoms with Gasteiger partial charge >= 0.3 is 0 Å². The second-order valence-corrected chi connectivity index (χ2v) is 5.55. The van der Waals surface area contributed by atoms with Crippen LogP contribution in [0.3, 0.4) is 0 Å². The lowest BCUT2D eigenvalue weighted by atomic mass is 9.97. The topological polar surface area (TPSA) is 0 Å². The smallest absolute Gasteiger partial charge is 0.0172 e. The summed E-state index contributed by atoms with van der Waals surface area (Å²) in [6, 6.07) is 31.2. The summed E-state index contributed by atoms with van der Waals surface area (Å²) in [6.45, 7) is 4.00. The Hall–Kier alpha value is -3.12. The Morgan fingerprint density at radius 3 is 1.54 bits per heavy atom. The van der Waals surface area contributed by atoms with E-state index in [2.05, 4.69) is 91.5 Å². The fourth-order valence-corrected chi connectivity index (χ4v) is 2.63. The third-order valence-electron chi connectivity index (χ3n) is 3.87. The maximum Gasteiger partial charge on any atom is -0.0172 e. The van der Waals surface area contributed by atoms with Crippen LogP contribution in [0.25, 0.3) is 17.2 Å². The first-order valence-corrected chi connectivity index (χ1v) is 8.08. The Balaban J connectivity index is 2.10. The molecule has 116 valence electrons. The highest BCUT2D eigenvalue weighted by Crippen LogP contribution is 2.25. The van der Waals surface area contributed by atoms with Crippen molar-refractivity contribution < 1.29 is 0 Å². The Bertz CT molecular complexity index is 838. The van der Waals surface area contributed by atoms with Crippen molar-refractivity contribution in [3.63, 3.8) is 0 Å². The van der Waals surface area contributed by atoms with E-state index in [-0.39, 0.29) is 0 Å². The summed E-state index contributed by atoms with van der Waals surface area (Å²) in [5.74, 6) is 0. The van der Waals surface area contributed by atoms with Crippen LogP contribution in [0.15, 0.2) is 110 Å². The second-order valence-electron chi connectivity index (χ2n) is 5.55. The van der Waals surface area contributed by atoms with E-state index >= 15 is 0 Å². The van der Waals surface area contributed by atoms with Gasteiger partial charge in [-0.15, -0.1) is 0 Å². The molecule has 0 heteroatoms. The van der Waals surface area contributed by atoms with E-state index in [9.17, 15) is 0 Å². The SMILES string of the molecule is C=C/C(=C/C(=C/c1ccccc1)c1ccccc1)c1ccccc1. The highest BCUT2D eigenvalue weighted by Gasteiger charge is 2.02. The van der Waals surface area contributed by atoms with Gasteiger partial charge in [-0.1, -0.05) is 104 Å². The quantitative estimate of drug-likeness (QED) is 0.373. The van der Waals surface area contributed by atoms with Crippen molar-refractivity contribution in [2.24, 2.45) is 0 Å². The monoisotopic (exact) mass is 308 g/mol. The molecule has 3 aromatic carbocycles. The van der Waals surface area contributed by atoms with E-state index in [1.54, 1.807) is 0 Å². The van der Waals surface area contributed by atoms with E-state index in [1.807, 2.05) is 24.3 Å². The number of hydrogen-bond acceptors (Lipinski definition) is 0. The number of benzene rings is 3.